The van der Waals surface area contributed by atoms with Crippen molar-refractivity contribution in [3.8, 4) is 0 Å². The van der Waals surface area contributed by atoms with E-state index in [1.807, 2.05) is 13.0 Å². The summed E-state index contributed by atoms with van der Waals surface area (Å²) in [5.74, 6) is -0.736. The van der Waals surface area contributed by atoms with Crippen molar-refractivity contribution in [2.45, 2.75) is 13.5 Å². The number of nitrogens with one attached hydrogen (secondary N) is 1. The van der Waals surface area contributed by atoms with Crippen LogP contribution in [-0.4, -0.2) is 21.5 Å². The van der Waals surface area contributed by atoms with E-state index in [0.717, 1.165) is 0 Å². The zero-order chi connectivity index (χ0) is 18.7. The largest absolute Gasteiger partial charge is 0.320 e. The highest BCUT2D eigenvalue weighted by Crippen LogP contribution is 2.25. The lowest BCUT2D eigenvalue weighted by molar-refractivity contribution is 0.102. The topological polar surface area (TPSA) is 64.0 Å². The first kappa shape index (κ1) is 18.2. The number of hydrogen-bond acceptors (Lipinski definition) is 3. The molecular weight excluding hydrogens is 373 g/mol. The number of rotatable bonds is 5. The molecule has 7 heteroatoms. The predicted octanol–water partition coefficient (Wildman–Crippen LogP) is 4.69. The summed E-state index contributed by atoms with van der Waals surface area (Å²) < 4.78 is 1.56. The molecule has 26 heavy (non-hydrogen) atoms. The van der Waals surface area contributed by atoms with Gasteiger partial charge in [0.1, 0.15) is 0 Å². The maximum absolute atomic E-state index is 12.8. The number of nitrogens with zero attached hydrogens (tertiary/aromatic N) is 2. The molecule has 1 amide bonds. The average molecular weight is 388 g/mol. The van der Waals surface area contributed by atoms with Gasteiger partial charge < -0.3 is 5.32 Å². The van der Waals surface area contributed by atoms with Crippen molar-refractivity contribution in [1.82, 2.24) is 9.78 Å². The van der Waals surface area contributed by atoms with Gasteiger partial charge in [0.05, 0.1) is 10.7 Å². The summed E-state index contributed by atoms with van der Waals surface area (Å²) in [6.45, 7) is 2.48. The van der Waals surface area contributed by atoms with Crippen LogP contribution in [0.25, 0.3) is 0 Å². The van der Waals surface area contributed by atoms with Crippen molar-refractivity contribution in [3.05, 3.63) is 81.6 Å². The van der Waals surface area contributed by atoms with Crippen LogP contribution in [0.2, 0.25) is 10.0 Å². The molecule has 0 unspecified atom stereocenters. The van der Waals surface area contributed by atoms with E-state index in [0.29, 0.717) is 28.4 Å². The van der Waals surface area contributed by atoms with Gasteiger partial charge in [0.25, 0.3) is 5.91 Å². The number of carbonyl (C=O) groups is 2. The summed E-state index contributed by atoms with van der Waals surface area (Å²) in [5.41, 5.74) is 1.23. The Kier molecular flexibility index (Phi) is 5.40. The molecule has 0 aliphatic carbocycles. The lowest BCUT2D eigenvalue weighted by Gasteiger charge is -2.10. The first-order chi connectivity index (χ1) is 12.5. The van der Waals surface area contributed by atoms with Crippen LogP contribution in [0, 0.1) is 0 Å². The molecule has 2 aromatic carbocycles. The van der Waals surface area contributed by atoms with E-state index in [-0.39, 0.29) is 16.5 Å². The molecule has 1 N–H and O–H groups in total. The molecule has 132 valence electrons. The SMILES string of the molecule is CCn1cc(Cl)c(C(=O)Nc2ccc(Cl)cc2C(=O)c2ccccc2)n1. The van der Waals surface area contributed by atoms with Crippen LogP contribution >= 0.6 is 23.2 Å². The normalized spacial score (nSPS) is 10.6. The third-order valence-electron chi connectivity index (χ3n) is 3.77. The number of halogens is 2. The number of carbonyl (C=O) groups excluding carboxylic acids is 2. The molecule has 0 aliphatic rings. The molecule has 1 aromatic heterocycles. The van der Waals surface area contributed by atoms with Gasteiger partial charge in [0, 0.05) is 28.9 Å². The zero-order valence-corrected chi connectivity index (χ0v) is 15.4. The summed E-state index contributed by atoms with van der Waals surface area (Å²) >= 11 is 12.1. The highest BCUT2D eigenvalue weighted by molar-refractivity contribution is 6.34. The van der Waals surface area contributed by atoms with Gasteiger partial charge in [-0.25, -0.2) is 0 Å². The quantitative estimate of drug-likeness (QED) is 0.645. The summed E-state index contributed by atoms with van der Waals surface area (Å²) in [6, 6.07) is 13.5. The molecular formula is C19H15Cl2N3O2. The monoisotopic (exact) mass is 387 g/mol. The second kappa shape index (κ2) is 7.72. The Balaban J connectivity index is 1.94. The molecule has 0 bridgehead atoms. The fraction of sp³-hybridized carbons (Fsp3) is 0.105. The van der Waals surface area contributed by atoms with Crippen molar-refractivity contribution in [2.24, 2.45) is 0 Å². The molecule has 1 heterocycles. The van der Waals surface area contributed by atoms with Crippen molar-refractivity contribution in [2.75, 3.05) is 5.32 Å². The standard InChI is InChI=1S/C19H15Cl2N3O2/c1-2-24-11-15(21)17(23-24)19(26)22-16-9-8-13(20)10-14(16)18(25)12-6-4-3-5-7-12/h3-11H,2H2,1H3,(H,22,26). The smallest absolute Gasteiger partial charge is 0.277 e. The van der Waals surface area contributed by atoms with E-state index in [2.05, 4.69) is 10.4 Å². The van der Waals surface area contributed by atoms with Crippen LogP contribution < -0.4 is 5.32 Å². The second-order valence-electron chi connectivity index (χ2n) is 5.52. The van der Waals surface area contributed by atoms with E-state index >= 15 is 0 Å². The van der Waals surface area contributed by atoms with Crippen molar-refractivity contribution in [1.29, 1.82) is 0 Å². The van der Waals surface area contributed by atoms with Gasteiger partial charge in [0.15, 0.2) is 11.5 Å². The number of hydrogen-bond donors (Lipinski definition) is 1. The minimum Gasteiger partial charge on any atom is -0.320 e. The Morgan fingerprint density at radius 1 is 1.12 bits per heavy atom. The van der Waals surface area contributed by atoms with Crippen LogP contribution in [-0.2, 0) is 6.54 Å². The summed E-state index contributed by atoms with van der Waals surface area (Å²) in [5, 5.41) is 7.48. The molecule has 3 rings (SSSR count). The lowest BCUT2D eigenvalue weighted by atomic mass is 10.0. The number of aromatic nitrogens is 2. The van der Waals surface area contributed by atoms with Gasteiger partial charge in [0.2, 0.25) is 0 Å². The summed E-state index contributed by atoms with van der Waals surface area (Å²) in [6.07, 6.45) is 1.58. The molecule has 0 radical (unpaired) electrons. The second-order valence-corrected chi connectivity index (χ2v) is 6.36. The Bertz CT molecular complexity index is 968. The maximum atomic E-state index is 12.8. The van der Waals surface area contributed by atoms with Gasteiger partial charge in [-0.2, -0.15) is 5.10 Å². The molecule has 0 spiro atoms. The zero-order valence-electron chi connectivity index (χ0n) is 13.9. The van der Waals surface area contributed by atoms with Gasteiger partial charge in [-0.1, -0.05) is 53.5 Å². The van der Waals surface area contributed by atoms with E-state index in [1.54, 1.807) is 47.3 Å². The molecule has 3 aromatic rings. The minimum atomic E-state index is -0.494. The number of ketones is 1. The van der Waals surface area contributed by atoms with Crippen LogP contribution in [0.4, 0.5) is 5.69 Å². The number of aryl methyl sites for hydroxylation is 1. The van der Waals surface area contributed by atoms with Gasteiger partial charge in [-0.3, -0.25) is 14.3 Å². The van der Waals surface area contributed by atoms with Crippen molar-refractivity contribution < 1.29 is 9.59 Å². The molecule has 0 aliphatic heterocycles. The Labute approximate surface area is 160 Å². The first-order valence-corrected chi connectivity index (χ1v) is 8.68. The van der Waals surface area contributed by atoms with E-state index in [1.165, 1.54) is 6.07 Å². The number of anilines is 1. The van der Waals surface area contributed by atoms with Crippen LogP contribution in [0.15, 0.2) is 54.7 Å². The Hall–Kier alpha value is -2.63. The third-order valence-corrected chi connectivity index (χ3v) is 4.28. The fourth-order valence-electron chi connectivity index (χ4n) is 2.45. The Morgan fingerprint density at radius 3 is 2.50 bits per heavy atom. The highest BCUT2D eigenvalue weighted by atomic mass is 35.5. The van der Waals surface area contributed by atoms with Crippen molar-refractivity contribution >= 4 is 40.6 Å². The van der Waals surface area contributed by atoms with Crippen LogP contribution in [0.3, 0.4) is 0 Å². The van der Waals surface area contributed by atoms with E-state index < -0.39 is 5.91 Å². The summed E-state index contributed by atoms with van der Waals surface area (Å²) in [7, 11) is 0. The number of amides is 1. The van der Waals surface area contributed by atoms with Crippen LogP contribution in [0.1, 0.15) is 33.3 Å². The molecule has 0 atom stereocenters. The highest BCUT2D eigenvalue weighted by Gasteiger charge is 2.20. The van der Waals surface area contributed by atoms with Gasteiger partial charge >= 0.3 is 0 Å². The average Bonchev–Trinajstić information content (AvgIpc) is 3.04. The van der Waals surface area contributed by atoms with Gasteiger partial charge in [-0.05, 0) is 25.1 Å². The molecule has 5 nitrogen and oxygen atoms in total. The van der Waals surface area contributed by atoms with E-state index in [4.69, 9.17) is 23.2 Å². The fourth-order valence-corrected chi connectivity index (χ4v) is 2.86. The Morgan fingerprint density at radius 2 is 1.85 bits per heavy atom. The molecule has 0 saturated carbocycles. The van der Waals surface area contributed by atoms with Crippen molar-refractivity contribution in [3.63, 3.8) is 0 Å². The van der Waals surface area contributed by atoms with Crippen LogP contribution in [0.5, 0.6) is 0 Å². The lowest BCUT2D eigenvalue weighted by Crippen LogP contribution is -2.16. The first-order valence-electron chi connectivity index (χ1n) is 7.93. The molecule has 0 fully saturated rings. The summed E-state index contributed by atoms with van der Waals surface area (Å²) in [4.78, 5) is 25.3. The van der Waals surface area contributed by atoms with E-state index in [9.17, 15) is 9.59 Å². The third kappa shape index (κ3) is 3.79. The predicted molar refractivity (Wildman–Crippen MR) is 102 cm³/mol. The number of benzene rings is 2. The molecule has 0 saturated heterocycles. The maximum Gasteiger partial charge on any atom is 0.277 e. The minimum absolute atomic E-state index is 0.0987. The van der Waals surface area contributed by atoms with Gasteiger partial charge in [-0.15, -0.1) is 0 Å².